The van der Waals surface area contributed by atoms with Crippen molar-refractivity contribution in [2.24, 2.45) is 0 Å². The molecule has 1 aromatic carbocycles. The lowest BCUT2D eigenvalue weighted by molar-refractivity contribution is -0.139. The zero-order valence-corrected chi connectivity index (χ0v) is 9.11. The molecular formula is C13H15NO2. The second-order valence-electron chi connectivity index (χ2n) is 3.79. The van der Waals surface area contributed by atoms with Gasteiger partial charge in [-0.05, 0) is 18.4 Å². The average Bonchev–Trinajstić information content (AvgIpc) is 2.81. The first-order valence-corrected chi connectivity index (χ1v) is 5.50. The summed E-state index contributed by atoms with van der Waals surface area (Å²) in [5.41, 5.74) is 1.99. The number of benzene rings is 1. The van der Waals surface area contributed by atoms with Crippen molar-refractivity contribution in [1.82, 2.24) is 5.32 Å². The third-order valence-corrected chi connectivity index (χ3v) is 2.49. The van der Waals surface area contributed by atoms with Gasteiger partial charge in [-0.2, -0.15) is 0 Å². The maximum Gasteiger partial charge on any atom is 0.332 e. The summed E-state index contributed by atoms with van der Waals surface area (Å²) < 4.78 is 5.13. The van der Waals surface area contributed by atoms with Gasteiger partial charge < -0.3 is 10.1 Å². The fourth-order valence-corrected chi connectivity index (χ4v) is 1.65. The van der Waals surface area contributed by atoms with E-state index in [1.54, 1.807) is 6.08 Å². The van der Waals surface area contributed by atoms with Gasteiger partial charge in [0.25, 0.3) is 0 Å². The summed E-state index contributed by atoms with van der Waals surface area (Å²) >= 11 is 0. The summed E-state index contributed by atoms with van der Waals surface area (Å²) in [4.78, 5) is 11.4. The second-order valence-corrected chi connectivity index (χ2v) is 3.79. The number of hydrogen-bond donors (Lipinski definition) is 1. The van der Waals surface area contributed by atoms with E-state index in [9.17, 15) is 4.79 Å². The lowest BCUT2D eigenvalue weighted by Gasteiger charge is -2.03. The van der Waals surface area contributed by atoms with Gasteiger partial charge in [0.05, 0.1) is 0 Å². The molecule has 0 bridgehead atoms. The highest BCUT2D eigenvalue weighted by Gasteiger charge is 2.08. The molecule has 1 N–H and O–H groups in total. The molecular weight excluding hydrogens is 202 g/mol. The number of allylic oxidation sites excluding steroid dienone is 1. The molecule has 1 fully saturated rings. The van der Waals surface area contributed by atoms with Crippen LogP contribution in [0.4, 0.5) is 0 Å². The van der Waals surface area contributed by atoms with Crippen LogP contribution in [0.15, 0.2) is 42.1 Å². The van der Waals surface area contributed by atoms with Gasteiger partial charge in [-0.25, -0.2) is 4.79 Å². The Kier molecular flexibility index (Phi) is 3.59. The van der Waals surface area contributed by atoms with Crippen LogP contribution in [-0.4, -0.2) is 12.5 Å². The SMILES string of the molecule is O=C(/C=C1\CCCN1)OCc1ccccc1. The monoisotopic (exact) mass is 217 g/mol. The van der Waals surface area contributed by atoms with Crippen LogP contribution in [0.2, 0.25) is 0 Å². The molecule has 0 atom stereocenters. The first-order valence-electron chi connectivity index (χ1n) is 5.50. The fourth-order valence-electron chi connectivity index (χ4n) is 1.65. The zero-order chi connectivity index (χ0) is 11.2. The molecule has 1 saturated heterocycles. The maximum absolute atomic E-state index is 11.4. The Morgan fingerprint density at radius 1 is 1.38 bits per heavy atom. The summed E-state index contributed by atoms with van der Waals surface area (Å²) in [5.74, 6) is -0.270. The van der Waals surface area contributed by atoms with Gasteiger partial charge in [-0.15, -0.1) is 0 Å². The van der Waals surface area contributed by atoms with E-state index in [2.05, 4.69) is 5.32 Å². The van der Waals surface area contributed by atoms with Gasteiger partial charge in [0.2, 0.25) is 0 Å². The van der Waals surface area contributed by atoms with Crippen LogP contribution in [0.25, 0.3) is 0 Å². The van der Waals surface area contributed by atoms with Gasteiger partial charge >= 0.3 is 5.97 Å². The molecule has 0 aliphatic carbocycles. The smallest absolute Gasteiger partial charge is 0.332 e. The molecule has 0 saturated carbocycles. The van der Waals surface area contributed by atoms with E-state index in [4.69, 9.17) is 4.74 Å². The Morgan fingerprint density at radius 3 is 2.88 bits per heavy atom. The zero-order valence-electron chi connectivity index (χ0n) is 9.11. The lowest BCUT2D eigenvalue weighted by Crippen LogP contribution is -2.08. The van der Waals surface area contributed by atoms with Crippen molar-refractivity contribution in [2.75, 3.05) is 6.54 Å². The summed E-state index contributed by atoms with van der Waals surface area (Å²) in [6.07, 6.45) is 3.59. The molecule has 0 spiro atoms. The predicted octanol–water partition coefficient (Wildman–Crippen LogP) is 2.00. The Hall–Kier alpha value is -1.77. The minimum Gasteiger partial charge on any atom is -0.458 e. The van der Waals surface area contributed by atoms with Crippen LogP contribution in [0.3, 0.4) is 0 Å². The second kappa shape index (κ2) is 5.35. The normalized spacial score (nSPS) is 17.1. The van der Waals surface area contributed by atoms with E-state index in [0.29, 0.717) is 6.61 Å². The molecule has 0 unspecified atom stereocenters. The largest absolute Gasteiger partial charge is 0.458 e. The van der Waals surface area contributed by atoms with Crippen LogP contribution < -0.4 is 5.32 Å². The van der Waals surface area contributed by atoms with Crippen molar-refractivity contribution >= 4 is 5.97 Å². The highest BCUT2D eigenvalue weighted by atomic mass is 16.5. The minimum absolute atomic E-state index is 0.270. The summed E-state index contributed by atoms with van der Waals surface area (Å²) in [6, 6.07) is 9.68. The van der Waals surface area contributed by atoms with Crippen molar-refractivity contribution in [1.29, 1.82) is 0 Å². The fraction of sp³-hybridized carbons (Fsp3) is 0.308. The third-order valence-electron chi connectivity index (χ3n) is 2.49. The number of carbonyl (C=O) groups is 1. The quantitative estimate of drug-likeness (QED) is 0.621. The van der Waals surface area contributed by atoms with Gasteiger partial charge in [0, 0.05) is 18.3 Å². The highest BCUT2D eigenvalue weighted by Crippen LogP contribution is 2.09. The predicted molar refractivity (Wildman–Crippen MR) is 61.6 cm³/mol. The van der Waals surface area contributed by atoms with E-state index in [1.807, 2.05) is 30.3 Å². The highest BCUT2D eigenvalue weighted by molar-refractivity contribution is 5.82. The van der Waals surface area contributed by atoms with E-state index < -0.39 is 0 Å². The van der Waals surface area contributed by atoms with Crippen molar-refractivity contribution < 1.29 is 9.53 Å². The number of carbonyl (C=O) groups excluding carboxylic acids is 1. The van der Waals surface area contributed by atoms with Crippen LogP contribution >= 0.6 is 0 Å². The van der Waals surface area contributed by atoms with Gasteiger partial charge in [0.1, 0.15) is 6.61 Å². The van der Waals surface area contributed by atoms with Gasteiger partial charge in [-0.3, -0.25) is 0 Å². The van der Waals surface area contributed by atoms with E-state index in [1.165, 1.54) is 0 Å². The van der Waals surface area contributed by atoms with Gasteiger partial charge in [0.15, 0.2) is 0 Å². The molecule has 3 nitrogen and oxygen atoms in total. The van der Waals surface area contributed by atoms with Crippen molar-refractivity contribution in [3.63, 3.8) is 0 Å². The Labute approximate surface area is 95.1 Å². The third kappa shape index (κ3) is 3.12. The van der Waals surface area contributed by atoms with E-state index >= 15 is 0 Å². The standard InChI is InChI=1S/C13H15NO2/c15-13(9-12-7-4-8-14-12)16-10-11-5-2-1-3-6-11/h1-3,5-6,9,14H,4,7-8,10H2/b12-9+. The molecule has 1 aliphatic rings. The Morgan fingerprint density at radius 2 is 2.19 bits per heavy atom. The number of ether oxygens (including phenoxy) is 1. The molecule has 3 heteroatoms. The van der Waals surface area contributed by atoms with E-state index in [-0.39, 0.29) is 5.97 Å². The lowest BCUT2D eigenvalue weighted by atomic mass is 10.2. The van der Waals surface area contributed by atoms with Crippen molar-refractivity contribution in [3.8, 4) is 0 Å². The molecule has 1 aromatic rings. The minimum atomic E-state index is -0.270. The molecule has 0 amide bonds. The van der Waals surface area contributed by atoms with E-state index in [0.717, 1.165) is 30.6 Å². The molecule has 84 valence electrons. The molecule has 0 radical (unpaired) electrons. The molecule has 16 heavy (non-hydrogen) atoms. The molecule has 1 heterocycles. The van der Waals surface area contributed by atoms with Crippen LogP contribution in [0.5, 0.6) is 0 Å². The van der Waals surface area contributed by atoms with Gasteiger partial charge in [-0.1, -0.05) is 30.3 Å². The van der Waals surface area contributed by atoms with Crippen LogP contribution in [-0.2, 0) is 16.1 Å². The topological polar surface area (TPSA) is 38.3 Å². The van der Waals surface area contributed by atoms with Crippen molar-refractivity contribution in [3.05, 3.63) is 47.7 Å². The van der Waals surface area contributed by atoms with Crippen molar-refractivity contribution in [2.45, 2.75) is 19.4 Å². The Bertz CT molecular complexity index is 376. The number of nitrogens with one attached hydrogen (secondary N) is 1. The Balaban J connectivity index is 1.82. The average molecular weight is 217 g/mol. The summed E-state index contributed by atoms with van der Waals surface area (Å²) in [6.45, 7) is 1.29. The summed E-state index contributed by atoms with van der Waals surface area (Å²) in [7, 11) is 0. The first-order chi connectivity index (χ1) is 7.84. The molecule has 1 aliphatic heterocycles. The van der Waals surface area contributed by atoms with Crippen LogP contribution in [0, 0.1) is 0 Å². The number of rotatable bonds is 3. The summed E-state index contributed by atoms with van der Waals surface area (Å²) in [5, 5.41) is 3.15. The first kappa shape index (κ1) is 10.7. The molecule has 2 rings (SSSR count). The maximum atomic E-state index is 11.4. The number of hydrogen-bond acceptors (Lipinski definition) is 3. The number of esters is 1. The molecule has 0 aromatic heterocycles. The van der Waals surface area contributed by atoms with Crippen LogP contribution in [0.1, 0.15) is 18.4 Å².